The van der Waals surface area contributed by atoms with Gasteiger partial charge in [-0.15, -0.1) is 0 Å². The summed E-state index contributed by atoms with van der Waals surface area (Å²) in [4.78, 5) is 11.8. The van der Waals surface area contributed by atoms with Crippen LogP contribution in [-0.2, 0) is 0 Å². The number of unbranched alkanes of at least 4 members (excludes halogenated alkanes) is 2. The molecule has 94 valence electrons. The van der Waals surface area contributed by atoms with Gasteiger partial charge < -0.3 is 10.2 Å². The van der Waals surface area contributed by atoms with Crippen LogP contribution in [-0.4, -0.2) is 22.1 Å². The first kappa shape index (κ1) is 13.7. The van der Waals surface area contributed by atoms with Gasteiger partial charge in [-0.25, -0.2) is 0 Å². The summed E-state index contributed by atoms with van der Waals surface area (Å²) in [6.45, 7) is 2.11. The highest BCUT2D eigenvalue weighted by molar-refractivity contribution is 5.96. The van der Waals surface area contributed by atoms with Gasteiger partial charge in [-0.2, -0.15) is 0 Å². The van der Waals surface area contributed by atoms with Crippen molar-refractivity contribution < 1.29 is 15.0 Å². The number of aliphatic hydroxyl groups is 1. The minimum atomic E-state index is -0.553. The van der Waals surface area contributed by atoms with Gasteiger partial charge in [-0.1, -0.05) is 26.2 Å². The molecular weight excluding hydrogens is 216 g/mol. The molecular formula is C14H20O3. The predicted octanol–water partition coefficient (Wildman–Crippen LogP) is 2.91. The van der Waals surface area contributed by atoms with Crippen molar-refractivity contribution in [1.29, 1.82) is 0 Å². The Labute approximate surface area is 102 Å². The fourth-order valence-electron chi connectivity index (χ4n) is 1.71. The number of carbonyl (C=O) groups is 1. The van der Waals surface area contributed by atoms with Crippen molar-refractivity contribution in [3.8, 4) is 5.75 Å². The third kappa shape index (κ3) is 5.00. The molecule has 0 aliphatic rings. The van der Waals surface area contributed by atoms with E-state index in [1.165, 1.54) is 12.1 Å². The van der Waals surface area contributed by atoms with Crippen LogP contribution in [0.5, 0.6) is 5.75 Å². The summed E-state index contributed by atoms with van der Waals surface area (Å²) in [5.41, 5.74) is 0.539. The maximum atomic E-state index is 11.8. The van der Waals surface area contributed by atoms with E-state index in [-0.39, 0.29) is 18.0 Å². The second-order valence-electron chi connectivity index (χ2n) is 4.32. The van der Waals surface area contributed by atoms with Crippen LogP contribution in [0.3, 0.4) is 0 Å². The van der Waals surface area contributed by atoms with E-state index in [0.29, 0.717) is 12.0 Å². The molecule has 1 aromatic carbocycles. The summed E-state index contributed by atoms with van der Waals surface area (Å²) < 4.78 is 0. The number of carbonyl (C=O) groups excluding carboxylic acids is 1. The average Bonchev–Trinajstić information content (AvgIpc) is 2.30. The van der Waals surface area contributed by atoms with Gasteiger partial charge in [-0.3, -0.25) is 4.79 Å². The van der Waals surface area contributed by atoms with Gasteiger partial charge in [0.25, 0.3) is 0 Å². The van der Waals surface area contributed by atoms with Gasteiger partial charge >= 0.3 is 0 Å². The predicted molar refractivity (Wildman–Crippen MR) is 67.2 cm³/mol. The molecule has 1 rings (SSSR count). The Morgan fingerprint density at radius 3 is 2.47 bits per heavy atom. The zero-order valence-electron chi connectivity index (χ0n) is 10.2. The molecule has 1 unspecified atom stereocenters. The van der Waals surface area contributed by atoms with Crippen molar-refractivity contribution in [2.45, 2.75) is 45.1 Å². The monoisotopic (exact) mass is 236 g/mol. The molecule has 0 amide bonds. The van der Waals surface area contributed by atoms with Crippen LogP contribution in [0.1, 0.15) is 49.4 Å². The second kappa shape index (κ2) is 7.07. The number of Topliss-reactive ketones (excluding diaryl/α,β-unsaturated/α-hetero) is 1. The first-order chi connectivity index (χ1) is 8.13. The maximum absolute atomic E-state index is 11.8. The molecule has 0 saturated heterocycles. The largest absolute Gasteiger partial charge is 0.508 e. The number of phenolic OH excluding ortho intramolecular Hbond substituents is 1. The highest BCUT2D eigenvalue weighted by atomic mass is 16.3. The van der Waals surface area contributed by atoms with Crippen molar-refractivity contribution in [2.24, 2.45) is 0 Å². The molecule has 1 aromatic rings. The highest BCUT2D eigenvalue weighted by Gasteiger charge is 2.12. The molecule has 0 spiro atoms. The molecule has 0 aliphatic carbocycles. The molecule has 1 atom stereocenters. The minimum Gasteiger partial charge on any atom is -0.508 e. The van der Waals surface area contributed by atoms with E-state index in [4.69, 9.17) is 5.11 Å². The molecule has 2 N–H and O–H groups in total. The lowest BCUT2D eigenvalue weighted by molar-refractivity contribution is 0.0864. The molecule has 3 heteroatoms. The van der Waals surface area contributed by atoms with E-state index >= 15 is 0 Å². The molecule has 0 aromatic heterocycles. The normalized spacial score (nSPS) is 12.4. The topological polar surface area (TPSA) is 57.5 Å². The van der Waals surface area contributed by atoms with Crippen molar-refractivity contribution in [1.82, 2.24) is 0 Å². The summed E-state index contributed by atoms with van der Waals surface area (Å²) in [7, 11) is 0. The quantitative estimate of drug-likeness (QED) is 0.565. The van der Waals surface area contributed by atoms with Gasteiger partial charge in [0.2, 0.25) is 0 Å². The van der Waals surface area contributed by atoms with E-state index < -0.39 is 6.10 Å². The summed E-state index contributed by atoms with van der Waals surface area (Å²) in [6.07, 6.45) is 3.44. The zero-order chi connectivity index (χ0) is 12.7. The van der Waals surface area contributed by atoms with Gasteiger partial charge in [0.15, 0.2) is 5.78 Å². The Balaban J connectivity index is 2.40. The van der Waals surface area contributed by atoms with Crippen LogP contribution in [0.2, 0.25) is 0 Å². The number of hydrogen-bond acceptors (Lipinski definition) is 3. The van der Waals surface area contributed by atoms with Gasteiger partial charge in [0.05, 0.1) is 6.10 Å². The first-order valence-electron chi connectivity index (χ1n) is 6.13. The molecule has 0 aliphatic heterocycles. The molecule has 0 bridgehead atoms. The van der Waals surface area contributed by atoms with Crippen LogP contribution < -0.4 is 0 Å². The van der Waals surface area contributed by atoms with Crippen LogP contribution in [0.15, 0.2) is 24.3 Å². The summed E-state index contributed by atoms with van der Waals surface area (Å²) >= 11 is 0. The lowest BCUT2D eigenvalue weighted by atomic mass is 10.0. The first-order valence-corrected chi connectivity index (χ1v) is 6.13. The van der Waals surface area contributed by atoms with E-state index in [0.717, 1.165) is 19.3 Å². The Bertz CT molecular complexity index is 343. The minimum absolute atomic E-state index is 0.0750. The molecule has 0 saturated carbocycles. The number of rotatable bonds is 7. The summed E-state index contributed by atoms with van der Waals surface area (Å²) in [5, 5.41) is 18.8. The van der Waals surface area contributed by atoms with E-state index in [9.17, 15) is 9.90 Å². The Morgan fingerprint density at radius 2 is 1.88 bits per heavy atom. The molecule has 17 heavy (non-hydrogen) atoms. The molecule has 0 heterocycles. The molecule has 0 fully saturated rings. The van der Waals surface area contributed by atoms with Crippen molar-refractivity contribution >= 4 is 5.78 Å². The number of aromatic hydroxyl groups is 1. The highest BCUT2D eigenvalue weighted by Crippen LogP contribution is 2.14. The molecule has 3 nitrogen and oxygen atoms in total. The summed E-state index contributed by atoms with van der Waals surface area (Å²) in [6, 6.07) is 6.13. The Hall–Kier alpha value is -1.35. The van der Waals surface area contributed by atoms with E-state index in [1.54, 1.807) is 12.1 Å². The zero-order valence-corrected chi connectivity index (χ0v) is 10.2. The number of phenols is 1. The van der Waals surface area contributed by atoms with Crippen LogP contribution in [0.4, 0.5) is 0 Å². The number of ketones is 1. The Morgan fingerprint density at radius 1 is 1.24 bits per heavy atom. The average molecular weight is 236 g/mol. The van der Waals surface area contributed by atoms with Gasteiger partial charge in [0.1, 0.15) is 5.75 Å². The molecule has 0 radical (unpaired) electrons. The fraction of sp³-hybridized carbons (Fsp3) is 0.500. The number of hydrogen-bond donors (Lipinski definition) is 2. The number of aliphatic hydroxyl groups excluding tert-OH is 1. The maximum Gasteiger partial charge on any atom is 0.165 e. The third-order valence-corrected chi connectivity index (χ3v) is 2.75. The van der Waals surface area contributed by atoms with Crippen molar-refractivity contribution in [2.75, 3.05) is 0 Å². The van der Waals surface area contributed by atoms with E-state index in [2.05, 4.69) is 6.92 Å². The second-order valence-corrected chi connectivity index (χ2v) is 4.32. The Kier molecular flexibility index (Phi) is 5.70. The van der Waals surface area contributed by atoms with Gasteiger partial charge in [0, 0.05) is 12.0 Å². The van der Waals surface area contributed by atoms with Crippen molar-refractivity contribution in [3.63, 3.8) is 0 Å². The lowest BCUT2D eigenvalue weighted by Crippen LogP contribution is -2.13. The lowest BCUT2D eigenvalue weighted by Gasteiger charge is -2.09. The smallest absolute Gasteiger partial charge is 0.165 e. The SMILES string of the molecule is CCCCCC(O)CC(=O)c1ccc(O)cc1. The van der Waals surface area contributed by atoms with Crippen LogP contribution in [0, 0.1) is 0 Å². The van der Waals surface area contributed by atoms with Crippen molar-refractivity contribution in [3.05, 3.63) is 29.8 Å². The van der Waals surface area contributed by atoms with Crippen LogP contribution >= 0.6 is 0 Å². The standard InChI is InChI=1S/C14H20O3/c1-2-3-4-5-13(16)10-14(17)11-6-8-12(15)9-7-11/h6-9,13,15-16H,2-5,10H2,1H3. The fourth-order valence-corrected chi connectivity index (χ4v) is 1.71. The third-order valence-electron chi connectivity index (χ3n) is 2.75. The van der Waals surface area contributed by atoms with Gasteiger partial charge in [-0.05, 0) is 30.7 Å². The summed E-state index contributed by atoms with van der Waals surface area (Å²) in [5.74, 6) is 0.0686. The van der Waals surface area contributed by atoms with E-state index in [1.807, 2.05) is 0 Å². The van der Waals surface area contributed by atoms with Crippen LogP contribution in [0.25, 0.3) is 0 Å². The number of benzene rings is 1.